The van der Waals surface area contributed by atoms with Gasteiger partial charge in [-0.15, -0.1) is 0 Å². The van der Waals surface area contributed by atoms with Gasteiger partial charge in [-0.05, 0) is 111 Å². The molecule has 5 fully saturated rings. The molecule has 38 heavy (non-hydrogen) atoms. The van der Waals surface area contributed by atoms with E-state index in [0.717, 1.165) is 38.0 Å². The third-order valence-corrected chi connectivity index (χ3v) is 11.5. The number of carboxylic acid groups (broad SMARTS) is 1. The quantitative estimate of drug-likeness (QED) is 0.320. The lowest BCUT2D eigenvalue weighted by molar-refractivity contribution is -0.139. The fourth-order valence-electron chi connectivity index (χ4n) is 9.37. The summed E-state index contributed by atoms with van der Waals surface area (Å²) in [5.41, 5.74) is 11.9. The van der Waals surface area contributed by atoms with Crippen molar-refractivity contribution in [3.63, 3.8) is 0 Å². The van der Waals surface area contributed by atoms with Crippen LogP contribution in [0.25, 0.3) is 0 Å². The van der Waals surface area contributed by atoms with E-state index in [9.17, 15) is 14.7 Å². The van der Waals surface area contributed by atoms with Crippen LogP contribution in [0.5, 0.6) is 0 Å². The molecule has 4 saturated carbocycles. The average molecular weight is 531 g/mol. The zero-order valence-corrected chi connectivity index (χ0v) is 22.9. The fourth-order valence-corrected chi connectivity index (χ4v) is 9.37. The molecule has 0 amide bonds. The van der Waals surface area contributed by atoms with Gasteiger partial charge in [-0.25, -0.2) is 4.79 Å². The van der Waals surface area contributed by atoms with Crippen molar-refractivity contribution in [2.45, 2.75) is 114 Å². The van der Waals surface area contributed by atoms with Crippen molar-refractivity contribution < 1.29 is 24.2 Å². The van der Waals surface area contributed by atoms with Gasteiger partial charge in [0, 0.05) is 11.5 Å². The van der Waals surface area contributed by atoms with Crippen LogP contribution in [-0.4, -0.2) is 46.6 Å². The standard InChI is InChI=1S/C24H32O4.C6H14N2O2/c1-22-9-7-16(25)11-15(22)4-5-18-17(22)8-10-23(2)19(12-20-24(18,23)28-20)14-3-6-21(26)27-13-14;7-4-2-1-3-5(8)6(9)10/h3,6,13,15-20,25H,4-5,7-12H2,1-2H3;5H,1-4,7-8H2,(H,9,10)/t15-,16+,17+,18-,19-,20-,22+,23-,24-;5-/m10/s1. The van der Waals surface area contributed by atoms with Gasteiger partial charge >= 0.3 is 11.6 Å². The summed E-state index contributed by atoms with van der Waals surface area (Å²) in [6.07, 6.45) is 13.3. The summed E-state index contributed by atoms with van der Waals surface area (Å²) in [5, 5.41) is 18.6. The van der Waals surface area contributed by atoms with Crippen molar-refractivity contribution >= 4 is 5.97 Å². The molecular weight excluding hydrogens is 484 g/mol. The number of carboxylic acids is 1. The molecule has 6 rings (SSSR count). The molecule has 8 nitrogen and oxygen atoms in total. The summed E-state index contributed by atoms with van der Waals surface area (Å²) < 4.78 is 11.8. The molecule has 0 bridgehead atoms. The van der Waals surface area contributed by atoms with E-state index in [1.807, 2.05) is 6.07 Å². The summed E-state index contributed by atoms with van der Waals surface area (Å²) in [5.74, 6) is 1.54. The van der Waals surface area contributed by atoms with Gasteiger partial charge in [-0.3, -0.25) is 4.79 Å². The molecule has 4 aliphatic carbocycles. The van der Waals surface area contributed by atoms with Gasteiger partial charge in [-0.1, -0.05) is 20.3 Å². The Morgan fingerprint density at radius 1 is 1.11 bits per heavy atom. The van der Waals surface area contributed by atoms with Crippen molar-refractivity contribution in [3.8, 4) is 0 Å². The second kappa shape index (κ2) is 10.3. The van der Waals surface area contributed by atoms with Crippen LogP contribution in [0, 0.1) is 28.6 Å². The molecule has 6 N–H and O–H groups in total. The maximum Gasteiger partial charge on any atom is 0.335 e. The number of aliphatic hydroxyl groups is 1. The summed E-state index contributed by atoms with van der Waals surface area (Å²) in [7, 11) is 0. The van der Waals surface area contributed by atoms with E-state index < -0.39 is 12.0 Å². The molecule has 0 aromatic carbocycles. The minimum absolute atomic E-state index is 0.0285. The van der Waals surface area contributed by atoms with Gasteiger partial charge in [0.25, 0.3) is 0 Å². The number of unbranched alkanes of at least 4 members (excludes halogenated alkanes) is 1. The number of carbonyl (C=O) groups is 1. The molecule has 2 heterocycles. The molecule has 8 heteroatoms. The van der Waals surface area contributed by atoms with E-state index >= 15 is 0 Å². The highest BCUT2D eigenvalue weighted by molar-refractivity contribution is 5.72. The van der Waals surface area contributed by atoms with Gasteiger partial charge in [0.05, 0.1) is 18.5 Å². The van der Waals surface area contributed by atoms with Crippen molar-refractivity contribution in [1.82, 2.24) is 0 Å². The Balaban J connectivity index is 0.000000253. The normalized spacial score (nSPS) is 43.4. The highest BCUT2D eigenvalue weighted by Gasteiger charge is 2.80. The van der Waals surface area contributed by atoms with Crippen LogP contribution >= 0.6 is 0 Å². The van der Waals surface area contributed by atoms with Crippen LogP contribution in [0.4, 0.5) is 0 Å². The van der Waals surface area contributed by atoms with Crippen LogP contribution in [0.2, 0.25) is 0 Å². The van der Waals surface area contributed by atoms with E-state index in [1.54, 1.807) is 12.3 Å². The summed E-state index contributed by atoms with van der Waals surface area (Å²) in [6.45, 7) is 5.58. The zero-order valence-electron chi connectivity index (χ0n) is 22.9. The molecule has 10 atom stereocenters. The summed E-state index contributed by atoms with van der Waals surface area (Å²) in [6, 6.07) is 2.83. The van der Waals surface area contributed by atoms with E-state index in [1.165, 1.54) is 37.7 Å². The smallest absolute Gasteiger partial charge is 0.335 e. The van der Waals surface area contributed by atoms with Crippen LogP contribution in [0.1, 0.15) is 96.0 Å². The Labute approximate surface area is 225 Å². The monoisotopic (exact) mass is 530 g/mol. The number of fused-ring (bicyclic) bond motifs is 3. The molecule has 0 unspecified atom stereocenters. The predicted octanol–water partition coefficient (Wildman–Crippen LogP) is 3.79. The van der Waals surface area contributed by atoms with E-state index in [-0.39, 0.29) is 22.7 Å². The minimum Gasteiger partial charge on any atom is -0.480 e. The summed E-state index contributed by atoms with van der Waals surface area (Å²) >= 11 is 0. The number of rotatable bonds is 6. The van der Waals surface area contributed by atoms with E-state index in [0.29, 0.717) is 42.2 Å². The molecule has 1 aliphatic heterocycles. The maximum absolute atomic E-state index is 11.4. The SMILES string of the molecule is C[C@]12CC[C@H](O)C[C@H]1CC[C@@H]1[C@@H]2CC[C@]2(C)[C@@H](c3ccc(=O)oc3)C[C@H]3O[C@]132.NCCCC[C@H](N)C(=O)O. The first kappa shape index (κ1) is 27.8. The van der Waals surface area contributed by atoms with Crippen molar-refractivity contribution in [1.29, 1.82) is 0 Å². The highest BCUT2D eigenvalue weighted by Crippen LogP contribution is 2.77. The van der Waals surface area contributed by atoms with Gasteiger partial charge in [0.15, 0.2) is 0 Å². The number of ether oxygens (including phenoxy) is 1. The predicted molar refractivity (Wildman–Crippen MR) is 143 cm³/mol. The van der Waals surface area contributed by atoms with Crippen LogP contribution in [0.15, 0.2) is 27.6 Å². The Bertz CT molecular complexity index is 1060. The topological polar surface area (TPSA) is 152 Å². The number of aliphatic carboxylic acids is 1. The van der Waals surface area contributed by atoms with Gasteiger partial charge in [0.1, 0.15) is 11.6 Å². The number of hydrogen-bond acceptors (Lipinski definition) is 7. The van der Waals surface area contributed by atoms with Gasteiger partial charge < -0.3 is 30.8 Å². The van der Waals surface area contributed by atoms with Crippen molar-refractivity contribution in [3.05, 3.63) is 34.4 Å². The maximum atomic E-state index is 11.4. The van der Waals surface area contributed by atoms with Gasteiger partial charge in [-0.2, -0.15) is 0 Å². The largest absolute Gasteiger partial charge is 0.480 e. The number of hydrogen-bond donors (Lipinski definition) is 4. The third-order valence-electron chi connectivity index (χ3n) is 11.5. The third kappa shape index (κ3) is 4.45. The van der Waals surface area contributed by atoms with Crippen LogP contribution in [-0.2, 0) is 9.53 Å². The molecule has 0 radical (unpaired) electrons. The second-order valence-electron chi connectivity index (χ2n) is 13.2. The first-order chi connectivity index (χ1) is 18.1. The Kier molecular flexibility index (Phi) is 7.57. The van der Waals surface area contributed by atoms with E-state index in [2.05, 4.69) is 13.8 Å². The Hall–Kier alpha value is -1.74. The summed E-state index contributed by atoms with van der Waals surface area (Å²) in [4.78, 5) is 21.6. The van der Waals surface area contributed by atoms with Crippen LogP contribution in [0.3, 0.4) is 0 Å². The lowest BCUT2D eigenvalue weighted by atomic mass is 9.44. The number of aliphatic hydroxyl groups excluding tert-OH is 1. The molecular formula is C30H46N2O6. The molecule has 212 valence electrons. The first-order valence-corrected chi connectivity index (χ1v) is 14.7. The van der Waals surface area contributed by atoms with Gasteiger partial charge in [0.2, 0.25) is 0 Å². The highest BCUT2D eigenvalue weighted by atomic mass is 16.6. The lowest BCUT2D eigenvalue weighted by Crippen LogP contribution is -2.58. The minimum atomic E-state index is -0.933. The molecule has 1 spiro atoms. The molecule has 1 saturated heterocycles. The fraction of sp³-hybridized carbons (Fsp3) is 0.800. The molecule has 5 aliphatic rings. The first-order valence-electron chi connectivity index (χ1n) is 14.7. The zero-order chi connectivity index (χ0) is 27.3. The van der Waals surface area contributed by atoms with Crippen molar-refractivity contribution in [2.75, 3.05) is 6.54 Å². The second-order valence-corrected chi connectivity index (χ2v) is 13.2. The Morgan fingerprint density at radius 3 is 2.58 bits per heavy atom. The molecule has 1 aromatic rings. The van der Waals surface area contributed by atoms with Crippen LogP contribution < -0.4 is 17.1 Å². The Morgan fingerprint density at radius 2 is 1.89 bits per heavy atom. The van der Waals surface area contributed by atoms with E-state index in [4.69, 9.17) is 25.7 Å². The lowest BCUT2D eigenvalue weighted by Gasteiger charge is -2.61. The number of nitrogens with two attached hydrogens (primary N) is 2. The molecule has 1 aromatic heterocycles. The van der Waals surface area contributed by atoms with Crippen molar-refractivity contribution in [2.24, 2.45) is 40.1 Å². The number of epoxide rings is 1. The average Bonchev–Trinajstić information content (AvgIpc) is 3.55.